The number of nitrogens with zero attached hydrogens (tertiary/aromatic N) is 3. The van der Waals surface area contributed by atoms with Crippen LogP contribution in [0.4, 0.5) is 17.6 Å². The van der Waals surface area contributed by atoms with Crippen LogP contribution in [0.3, 0.4) is 0 Å². The second-order valence-corrected chi connectivity index (χ2v) is 13.6. The van der Waals surface area contributed by atoms with Crippen LogP contribution in [-0.2, 0) is 21.0 Å². The summed E-state index contributed by atoms with van der Waals surface area (Å²) in [6, 6.07) is 5.82. The largest absolute Gasteiger partial charge is 0.419 e. The van der Waals surface area contributed by atoms with Gasteiger partial charge in [0.05, 0.1) is 5.56 Å². The number of aliphatic hydroxyl groups excluding tert-OH is 1. The quantitative estimate of drug-likeness (QED) is 0.458. The minimum atomic E-state index is -4.93. The molecule has 14 heteroatoms. The highest BCUT2D eigenvalue weighted by molar-refractivity contribution is 7.92. The van der Waals surface area contributed by atoms with Gasteiger partial charge in [-0.3, -0.25) is 14.6 Å². The zero-order chi connectivity index (χ0) is 32.7. The predicted molar refractivity (Wildman–Crippen MR) is 159 cm³/mol. The number of hydrogen-bond acceptors (Lipinski definition) is 6. The van der Waals surface area contributed by atoms with Gasteiger partial charge in [-0.05, 0) is 98.5 Å². The molecule has 0 aliphatic carbocycles. The molecule has 242 valence electrons. The molecule has 0 bridgehead atoms. The maximum atomic E-state index is 13.8. The lowest BCUT2D eigenvalue weighted by atomic mass is 9.89. The molecule has 0 unspecified atom stereocenters. The van der Waals surface area contributed by atoms with Crippen LogP contribution in [0.25, 0.3) is 6.08 Å². The van der Waals surface area contributed by atoms with Crippen LogP contribution in [0.1, 0.15) is 63.9 Å². The first kappa shape index (κ1) is 32.8. The molecule has 2 aromatic rings. The number of halogens is 4. The van der Waals surface area contributed by atoms with Gasteiger partial charge in [0.2, 0.25) is 10.0 Å². The van der Waals surface area contributed by atoms with Crippen molar-refractivity contribution in [2.45, 2.75) is 51.2 Å². The molecule has 2 saturated heterocycles. The number of alkyl halides is 3. The van der Waals surface area contributed by atoms with E-state index in [0.717, 1.165) is 35.4 Å². The van der Waals surface area contributed by atoms with E-state index in [-0.39, 0.29) is 55.8 Å². The average molecular weight is 651 g/mol. The Morgan fingerprint density at radius 3 is 2.29 bits per heavy atom. The Morgan fingerprint density at radius 2 is 1.71 bits per heavy atom. The number of aliphatic hydroxyl groups is 1. The molecule has 0 saturated carbocycles. The normalized spacial score (nSPS) is 19.8. The fourth-order valence-electron chi connectivity index (χ4n) is 6.09. The smallest absolute Gasteiger partial charge is 0.396 e. The highest BCUT2D eigenvalue weighted by atomic mass is 32.2. The molecule has 0 radical (unpaired) electrons. The number of sulfonamides is 1. The van der Waals surface area contributed by atoms with Crippen molar-refractivity contribution in [3.63, 3.8) is 0 Å². The molecular weight excluding hydrogens is 616 g/mol. The van der Waals surface area contributed by atoms with Crippen molar-refractivity contribution in [1.29, 1.82) is 0 Å². The first-order valence-corrected chi connectivity index (χ1v) is 16.1. The summed E-state index contributed by atoms with van der Waals surface area (Å²) in [4.78, 5) is 32.1. The predicted octanol–water partition coefficient (Wildman–Crippen LogP) is 4.02. The summed E-state index contributed by atoms with van der Waals surface area (Å²) >= 11 is 0. The number of aryl methyl sites for hydroxylation is 2. The molecule has 45 heavy (non-hydrogen) atoms. The summed E-state index contributed by atoms with van der Waals surface area (Å²) < 4.78 is 81.0. The van der Waals surface area contributed by atoms with Gasteiger partial charge in [-0.1, -0.05) is 0 Å². The van der Waals surface area contributed by atoms with Crippen molar-refractivity contribution < 1.29 is 40.7 Å². The van der Waals surface area contributed by atoms with Crippen LogP contribution in [0.15, 0.2) is 40.7 Å². The molecule has 0 aromatic heterocycles. The Kier molecular flexibility index (Phi) is 8.95. The van der Waals surface area contributed by atoms with Gasteiger partial charge in [0, 0.05) is 49.3 Å². The minimum absolute atomic E-state index is 0.00708. The summed E-state index contributed by atoms with van der Waals surface area (Å²) in [5.74, 6) is -2.02. The lowest BCUT2D eigenvalue weighted by Gasteiger charge is -2.34. The van der Waals surface area contributed by atoms with E-state index in [1.165, 1.54) is 10.4 Å². The van der Waals surface area contributed by atoms with E-state index >= 15 is 0 Å². The van der Waals surface area contributed by atoms with E-state index in [1.807, 2.05) is 0 Å². The van der Waals surface area contributed by atoms with Gasteiger partial charge >= 0.3 is 6.18 Å². The van der Waals surface area contributed by atoms with Gasteiger partial charge in [0.1, 0.15) is 17.2 Å². The number of likely N-dealkylation sites (tertiary alicyclic amines) is 1. The minimum Gasteiger partial charge on any atom is -0.396 e. The monoisotopic (exact) mass is 650 g/mol. The number of rotatable bonds is 6. The summed E-state index contributed by atoms with van der Waals surface area (Å²) in [5, 5.41) is 12.9. The number of nitrogens with one attached hydrogen (secondary N) is 1. The molecule has 1 spiro atoms. The Bertz CT molecular complexity index is 1650. The van der Waals surface area contributed by atoms with Crippen molar-refractivity contribution >= 4 is 33.7 Å². The molecular formula is C31H34F4N4O5S. The second-order valence-electron chi connectivity index (χ2n) is 11.8. The first-order chi connectivity index (χ1) is 21.1. The molecule has 3 aliphatic rings. The molecule has 2 fully saturated rings. The number of aliphatic imine (C=N–C) groups is 1. The summed E-state index contributed by atoms with van der Waals surface area (Å²) in [7, 11) is -3.91. The zero-order valence-electron chi connectivity index (χ0n) is 24.8. The van der Waals surface area contributed by atoms with Crippen LogP contribution >= 0.6 is 0 Å². The SMILES string of the molecule is Cc1cc(C(=O)N2CCC(CO)CC2)cc(C)c1C=CS(=O)(=O)N1CCC2(CC1)N=C(c1ccc(F)c(C(F)(F)F)c1)NC2=O. The van der Waals surface area contributed by atoms with E-state index < -0.39 is 39.0 Å². The van der Waals surface area contributed by atoms with E-state index in [1.54, 1.807) is 30.9 Å². The van der Waals surface area contributed by atoms with Gasteiger partial charge in [0.15, 0.2) is 0 Å². The van der Waals surface area contributed by atoms with Crippen LogP contribution in [0.5, 0.6) is 0 Å². The van der Waals surface area contributed by atoms with Crippen molar-refractivity contribution in [3.8, 4) is 0 Å². The van der Waals surface area contributed by atoms with Crippen LogP contribution < -0.4 is 5.32 Å². The molecule has 2 amide bonds. The van der Waals surface area contributed by atoms with Crippen LogP contribution in [0.2, 0.25) is 0 Å². The van der Waals surface area contributed by atoms with Crippen molar-refractivity contribution in [3.05, 3.63) is 74.9 Å². The molecule has 5 rings (SSSR count). The molecule has 2 N–H and O–H groups in total. The van der Waals surface area contributed by atoms with Gasteiger partial charge in [-0.15, -0.1) is 0 Å². The van der Waals surface area contributed by atoms with Crippen molar-refractivity contribution in [1.82, 2.24) is 14.5 Å². The zero-order valence-corrected chi connectivity index (χ0v) is 25.6. The third-order valence-corrected chi connectivity index (χ3v) is 10.4. The number of benzene rings is 2. The third kappa shape index (κ3) is 6.68. The number of carbonyl (C=O) groups excluding carboxylic acids is 2. The molecule has 3 aliphatic heterocycles. The van der Waals surface area contributed by atoms with Crippen molar-refractivity contribution in [2.75, 3.05) is 32.8 Å². The topological polar surface area (TPSA) is 119 Å². The Balaban J connectivity index is 1.26. The van der Waals surface area contributed by atoms with E-state index in [4.69, 9.17) is 0 Å². The van der Waals surface area contributed by atoms with Gasteiger partial charge in [-0.2, -0.15) is 17.5 Å². The summed E-state index contributed by atoms with van der Waals surface area (Å²) in [6.07, 6.45) is -1.95. The van der Waals surface area contributed by atoms with E-state index in [9.17, 15) is 40.7 Å². The fourth-order valence-corrected chi connectivity index (χ4v) is 7.27. The first-order valence-electron chi connectivity index (χ1n) is 14.6. The Hall–Kier alpha value is -3.62. The maximum absolute atomic E-state index is 13.8. The lowest BCUT2D eigenvalue weighted by molar-refractivity contribution is -0.140. The molecule has 9 nitrogen and oxygen atoms in total. The van der Waals surface area contributed by atoms with Gasteiger partial charge < -0.3 is 15.3 Å². The van der Waals surface area contributed by atoms with E-state index in [2.05, 4.69) is 10.3 Å². The molecule has 3 heterocycles. The molecule has 0 atom stereocenters. The Morgan fingerprint density at radius 1 is 1.09 bits per heavy atom. The Labute approximate surface area is 258 Å². The number of amides is 2. The second kappa shape index (κ2) is 12.3. The number of piperidine rings is 2. The number of hydrogen-bond donors (Lipinski definition) is 2. The standard InChI is InChI=1S/C31H34F4N4O5S/c1-19-15-23(28(41)38-10-5-21(18-40)6-11-38)16-20(2)24(19)7-14-45(43,44)39-12-8-30(9-13-39)29(42)36-27(37-30)22-3-4-26(32)25(17-22)31(33,34)35/h3-4,7,14-17,21,40H,5-6,8-13,18H2,1-2H3,(H,36,37,42). The maximum Gasteiger partial charge on any atom is 0.419 e. The number of amidine groups is 1. The summed E-state index contributed by atoms with van der Waals surface area (Å²) in [6.45, 7) is 4.74. The summed E-state index contributed by atoms with van der Waals surface area (Å²) in [5.41, 5.74) is -0.296. The fraction of sp³-hybridized carbons (Fsp3) is 0.452. The lowest BCUT2D eigenvalue weighted by Crippen LogP contribution is -2.50. The van der Waals surface area contributed by atoms with E-state index in [0.29, 0.717) is 36.3 Å². The van der Waals surface area contributed by atoms with Gasteiger partial charge in [-0.25, -0.2) is 12.8 Å². The van der Waals surface area contributed by atoms with Crippen LogP contribution in [-0.4, -0.2) is 78.7 Å². The van der Waals surface area contributed by atoms with Crippen LogP contribution in [0, 0.1) is 25.6 Å². The third-order valence-electron chi connectivity index (χ3n) is 8.84. The average Bonchev–Trinajstić information content (AvgIpc) is 3.30. The highest BCUT2D eigenvalue weighted by Gasteiger charge is 2.47. The van der Waals surface area contributed by atoms with Gasteiger partial charge in [0.25, 0.3) is 11.8 Å². The van der Waals surface area contributed by atoms with Crippen molar-refractivity contribution in [2.24, 2.45) is 10.9 Å². The number of carbonyl (C=O) groups is 2. The molecule has 2 aromatic carbocycles. The highest BCUT2D eigenvalue weighted by Crippen LogP contribution is 2.35.